The predicted molar refractivity (Wildman–Crippen MR) is 79.2 cm³/mol. The first-order valence-corrected chi connectivity index (χ1v) is 9.48. The van der Waals surface area contributed by atoms with E-state index in [1.165, 1.54) is 0 Å². The molecular weight excluding hydrogens is 371 g/mol. The van der Waals surface area contributed by atoms with Crippen molar-refractivity contribution in [2.24, 2.45) is 5.92 Å². The summed E-state index contributed by atoms with van der Waals surface area (Å²) in [5.74, 6) is 0.104. The Labute approximate surface area is 131 Å². The van der Waals surface area contributed by atoms with Gasteiger partial charge in [-0.1, -0.05) is 6.92 Å². The molecule has 0 aliphatic heterocycles. The predicted octanol–water partition coefficient (Wildman–Crippen LogP) is 4.47. The zero-order valence-corrected chi connectivity index (χ0v) is 14.1. The molecule has 7 heteroatoms. The van der Waals surface area contributed by atoms with Crippen molar-refractivity contribution in [1.82, 2.24) is 0 Å². The van der Waals surface area contributed by atoms with E-state index in [0.29, 0.717) is 16.1 Å². The number of ether oxygens (including phenoxy) is 1. The largest absolute Gasteiger partial charge is 0.489 e. The summed E-state index contributed by atoms with van der Waals surface area (Å²) in [5, 5.41) is 0. The second kappa shape index (κ2) is 6.20. The van der Waals surface area contributed by atoms with Crippen LogP contribution in [0.25, 0.3) is 0 Å². The lowest BCUT2D eigenvalue weighted by atomic mass is 9.89. The Bertz CT molecular complexity index is 598. The molecule has 1 aromatic rings. The van der Waals surface area contributed by atoms with E-state index < -0.39 is 19.8 Å². The van der Waals surface area contributed by atoms with Gasteiger partial charge < -0.3 is 4.74 Å². The molecule has 20 heavy (non-hydrogen) atoms. The molecule has 3 nitrogen and oxygen atoms in total. The van der Waals surface area contributed by atoms with Gasteiger partial charge in [0.2, 0.25) is 0 Å². The third-order valence-corrected chi connectivity index (χ3v) is 5.46. The first-order chi connectivity index (χ1) is 9.27. The van der Waals surface area contributed by atoms with E-state index in [2.05, 4.69) is 22.9 Å². The zero-order chi connectivity index (χ0) is 14.9. The molecule has 1 aliphatic carbocycles. The molecule has 0 atom stereocenters. The van der Waals surface area contributed by atoms with E-state index in [0.717, 1.165) is 37.8 Å². The second-order valence-electron chi connectivity index (χ2n) is 5.15. The minimum atomic E-state index is -4.10. The van der Waals surface area contributed by atoms with Gasteiger partial charge in [-0.3, -0.25) is 0 Å². The fourth-order valence-corrected chi connectivity index (χ4v) is 3.81. The molecule has 0 unspecified atom stereocenters. The zero-order valence-electron chi connectivity index (χ0n) is 10.9. The summed E-state index contributed by atoms with van der Waals surface area (Å²) >= 11 is 3.20. The molecule has 0 N–H and O–H groups in total. The average molecular weight is 386 g/mol. The van der Waals surface area contributed by atoms with Crippen LogP contribution in [0, 0.1) is 11.7 Å². The summed E-state index contributed by atoms with van der Waals surface area (Å²) in [4.78, 5) is -0.546. The maximum Gasteiger partial charge on any atom is 0.264 e. The number of benzene rings is 1. The minimum absolute atomic E-state index is 0.0420. The molecule has 0 saturated heterocycles. The van der Waals surface area contributed by atoms with Crippen LogP contribution in [0.1, 0.15) is 32.6 Å². The lowest BCUT2D eigenvalue weighted by Crippen LogP contribution is -2.23. The van der Waals surface area contributed by atoms with Crippen molar-refractivity contribution in [1.29, 1.82) is 0 Å². The van der Waals surface area contributed by atoms with E-state index in [1.807, 2.05) is 0 Å². The summed E-state index contributed by atoms with van der Waals surface area (Å²) in [7, 11) is 1.07. The highest BCUT2D eigenvalue weighted by Crippen LogP contribution is 2.34. The van der Waals surface area contributed by atoms with E-state index in [9.17, 15) is 12.8 Å². The molecule has 0 amide bonds. The van der Waals surface area contributed by atoms with Crippen LogP contribution in [0.15, 0.2) is 21.5 Å². The number of halogens is 3. The molecule has 0 radical (unpaired) electrons. The Kier molecular flexibility index (Phi) is 4.97. The molecular formula is C13H15BrClFO3S. The van der Waals surface area contributed by atoms with Gasteiger partial charge in [-0.25, -0.2) is 12.8 Å². The van der Waals surface area contributed by atoms with Gasteiger partial charge in [0.1, 0.15) is 16.5 Å². The van der Waals surface area contributed by atoms with E-state index in [4.69, 9.17) is 15.4 Å². The number of hydrogen-bond acceptors (Lipinski definition) is 3. The van der Waals surface area contributed by atoms with Crippen LogP contribution in [0.3, 0.4) is 0 Å². The van der Waals surface area contributed by atoms with E-state index >= 15 is 0 Å². The maximum absolute atomic E-state index is 13.8. The summed E-state index contributed by atoms with van der Waals surface area (Å²) in [5.41, 5.74) is 0. The highest BCUT2D eigenvalue weighted by molar-refractivity contribution is 9.10. The Morgan fingerprint density at radius 2 is 1.90 bits per heavy atom. The standard InChI is InChI=1S/C13H15BrClFO3S/c1-8-2-4-9(5-3-8)19-12-7-11(16)13(6-10(12)14)20(15,17)18/h6-9H,2-5H2,1H3. The summed E-state index contributed by atoms with van der Waals surface area (Å²) in [6.45, 7) is 2.20. The van der Waals surface area contributed by atoms with Gasteiger partial charge in [-0.05, 0) is 53.6 Å². The van der Waals surface area contributed by atoms with Crippen LogP contribution >= 0.6 is 26.6 Å². The first-order valence-electron chi connectivity index (χ1n) is 6.37. The number of rotatable bonds is 3. The molecule has 2 rings (SSSR count). The smallest absolute Gasteiger partial charge is 0.264 e. The molecule has 0 aromatic heterocycles. The van der Waals surface area contributed by atoms with Crippen molar-refractivity contribution in [3.05, 3.63) is 22.4 Å². The lowest BCUT2D eigenvalue weighted by Gasteiger charge is -2.27. The summed E-state index contributed by atoms with van der Waals surface area (Å²) in [6, 6.07) is 2.20. The van der Waals surface area contributed by atoms with Crippen molar-refractivity contribution in [2.75, 3.05) is 0 Å². The minimum Gasteiger partial charge on any atom is -0.489 e. The normalized spacial score (nSPS) is 23.6. The van der Waals surface area contributed by atoms with Gasteiger partial charge in [0.25, 0.3) is 9.05 Å². The monoisotopic (exact) mass is 384 g/mol. The molecule has 0 heterocycles. The molecule has 0 spiro atoms. The van der Waals surface area contributed by atoms with Gasteiger partial charge >= 0.3 is 0 Å². The highest BCUT2D eigenvalue weighted by Gasteiger charge is 2.23. The van der Waals surface area contributed by atoms with Crippen LogP contribution in [-0.2, 0) is 9.05 Å². The third-order valence-electron chi connectivity index (χ3n) is 3.51. The maximum atomic E-state index is 13.8. The molecule has 1 saturated carbocycles. The highest BCUT2D eigenvalue weighted by atomic mass is 79.9. The third kappa shape index (κ3) is 3.86. The van der Waals surface area contributed by atoms with E-state index in [1.54, 1.807) is 0 Å². The van der Waals surface area contributed by atoms with Crippen LogP contribution in [0.4, 0.5) is 4.39 Å². The molecule has 1 aliphatic rings. The summed E-state index contributed by atoms with van der Waals surface area (Å²) < 4.78 is 42.3. The van der Waals surface area contributed by atoms with Crippen LogP contribution < -0.4 is 4.74 Å². The van der Waals surface area contributed by atoms with Crippen molar-refractivity contribution >= 4 is 35.7 Å². The van der Waals surface area contributed by atoms with Crippen LogP contribution in [0.2, 0.25) is 0 Å². The Balaban J connectivity index is 2.19. The fraction of sp³-hybridized carbons (Fsp3) is 0.538. The van der Waals surface area contributed by atoms with Crippen molar-refractivity contribution in [3.63, 3.8) is 0 Å². The Morgan fingerprint density at radius 3 is 2.45 bits per heavy atom. The molecule has 1 fully saturated rings. The van der Waals surface area contributed by atoms with Crippen LogP contribution in [-0.4, -0.2) is 14.5 Å². The Hall–Kier alpha value is -0.330. The van der Waals surface area contributed by atoms with Crippen LogP contribution in [0.5, 0.6) is 5.75 Å². The van der Waals surface area contributed by atoms with Gasteiger partial charge in [0, 0.05) is 16.7 Å². The second-order valence-corrected chi connectivity index (χ2v) is 8.54. The van der Waals surface area contributed by atoms with Crippen molar-refractivity contribution in [2.45, 2.75) is 43.6 Å². The van der Waals surface area contributed by atoms with Crippen molar-refractivity contribution < 1.29 is 17.5 Å². The van der Waals surface area contributed by atoms with Gasteiger partial charge in [0.15, 0.2) is 0 Å². The first kappa shape index (κ1) is 16.0. The average Bonchev–Trinajstić information content (AvgIpc) is 2.35. The van der Waals surface area contributed by atoms with Gasteiger partial charge in [0.05, 0.1) is 10.6 Å². The molecule has 1 aromatic carbocycles. The van der Waals surface area contributed by atoms with Crippen molar-refractivity contribution in [3.8, 4) is 5.75 Å². The lowest BCUT2D eigenvalue weighted by molar-refractivity contribution is 0.134. The topological polar surface area (TPSA) is 43.4 Å². The SMILES string of the molecule is CC1CCC(Oc2cc(F)c(S(=O)(=O)Cl)cc2Br)CC1. The molecule has 0 bridgehead atoms. The number of hydrogen-bond donors (Lipinski definition) is 0. The van der Waals surface area contributed by atoms with Gasteiger partial charge in [-0.2, -0.15) is 0 Å². The summed E-state index contributed by atoms with van der Waals surface area (Å²) in [6.07, 6.45) is 4.05. The fourth-order valence-electron chi connectivity index (χ4n) is 2.31. The molecule has 112 valence electrons. The van der Waals surface area contributed by atoms with Gasteiger partial charge in [-0.15, -0.1) is 0 Å². The quantitative estimate of drug-likeness (QED) is 0.721. The Morgan fingerprint density at radius 1 is 1.30 bits per heavy atom. The van der Waals surface area contributed by atoms with E-state index in [-0.39, 0.29) is 6.10 Å².